The van der Waals surface area contributed by atoms with E-state index in [-0.39, 0.29) is 22.4 Å². The van der Waals surface area contributed by atoms with Crippen LogP contribution in [-0.4, -0.2) is 44.9 Å². The maximum absolute atomic E-state index is 13.2. The summed E-state index contributed by atoms with van der Waals surface area (Å²) in [5, 5.41) is 25.2. The summed E-state index contributed by atoms with van der Waals surface area (Å²) in [4.78, 5) is 0. The van der Waals surface area contributed by atoms with Crippen molar-refractivity contribution in [3.63, 3.8) is 0 Å². The molecule has 26 heavy (non-hydrogen) atoms. The standard InChI is InChI=1S/C13H17ClFN7O3S/c1-26(16,24)18-6-2-5-17-12-11(21-25-22-12)13(20-23)19-8-3-4-10(15)9(14)7-8/h3-4,7,23H,2,5-6H2,1H3,(H,17,22)(H,19,20)(H2,16,18,24). The molecule has 0 aliphatic carbocycles. The Bertz CT molecular complexity index is 888. The molecular formula is C13H17ClFN7O3S. The molecule has 1 aromatic carbocycles. The van der Waals surface area contributed by atoms with Gasteiger partial charge < -0.3 is 15.8 Å². The molecule has 0 saturated heterocycles. The van der Waals surface area contributed by atoms with Gasteiger partial charge in [0.1, 0.15) is 15.7 Å². The zero-order valence-electron chi connectivity index (χ0n) is 13.6. The molecule has 0 aliphatic heterocycles. The van der Waals surface area contributed by atoms with Gasteiger partial charge in [0.25, 0.3) is 0 Å². The summed E-state index contributed by atoms with van der Waals surface area (Å²) in [6.07, 6.45) is 1.83. The van der Waals surface area contributed by atoms with Crippen LogP contribution in [0.15, 0.2) is 28.0 Å². The zero-order chi connectivity index (χ0) is 19.2. The molecule has 0 saturated carbocycles. The summed E-state index contributed by atoms with van der Waals surface area (Å²) in [6.45, 7) is 0.768. The van der Waals surface area contributed by atoms with E-state index < -0.39 is 15.7 Å². The number of hydrogen-bond acceptors (Lipinski definition) is 8. The van der Waals surface area contributed by atoms with Gasteiger partial charge in [-0.1, -0.05) is 16.8 Å². The quantitative estimate of drug-likeness (QED) is 0.148. The SMILES string of the molecule is CS(=N)(=O)NCCCNc1nonc1/C(=N/O)Nc1ccc(F)c(Cl)c1. The molecule has 1 atom stereocenters. The van der Waals surface area contributed by atoms with Crippen molar-refractivity contribution >= 4 is 38.9 Å². The maximum Gasteiger partial charge on any atom is 0.203 e. The van der Waals surface area contributed by atoms with E-state index in [1.165, 1.54) is 18.4 Å². The molecule has 1 heterocycles. The first-order valence-electron chi connectivity index (χ1n) is 7.29. The Morgan fingerprint density at radius 1 is 1.46 bits per heavy atom. The van der Waals surface area contributed by atoms with Gasteiger partial charge in [0.15, 0.2) is 5.69 Å². The summed E-state index contributed by atoms with van der Waals surface area (Å²) in [7, 11) is -2.75. The van der Waals surface area contributed by atoms with Crippen LogP contribution in [0.2, 0.25) is 5.02 Å². The van der Waals surface area contributed by atoms with Crippen molar-refractivity contribution in [1.82, 2.24) is 15.0 Å². The summed E-state index contributed by atoms with van der Waals surface area (Å²) in [5.74, 6) is -0.457. The second kappa shape index (κ2) is 8.78. The molecule has 0 spiro atoms. The molecule has 2 aromatic rings. The number of aromatic nitrogens is 2. The second-order valence-corrected chi connectivity index (χ2v) is 7.57. The lowest BCUT2D eigenvalue weighted by Gasteiger charge is -2.08. The van der Waals surface area contributed by atoms with Crippen LogP contribution in [0, 0.1) is 10.6 Å². The van der Waals surface area contributed by atoms with Gasteiger partial charge >= 0.3 is 0 Å². The van der Waals surface area contributed by atoms with Crippen molar-refractivity contribution in [3.05, 3.63) is 34.7 Å². The minimum atomic E-state index is -2.75. The van der Waals surface area contributed by atoms with Gasteiger partial charge in [-0.05, 0) is 34.9 Å². The largest absolute Gasteiger partial charge is 0.409 e. The number of rotatable bonds is 8. The predicted octanol–water partition coefficient (Wildman–Crippen LogP) is 2.09. The Kier molecular flexibility index (Phi) is 6.71. The van der Waals surface area contributed by atoms with Crippen molar-refractivity contribution in [2.75, 3.05) is 30.0 Å². The highest BCUT2D eigenvalue weighted by atomic mass is 35.5. The summed E-state index contributed by atoms with van der Waals surface area (Å²) < 4.78 is 38.9. The third-order valence-corrected chi connectivity index (χ3v) is 4.06. The lowest BCUT2D eigenvalue weighted by molar-refractivity contribution is 0.305. The van der Waals surface area contributed by atoms with Gasteiger partial charge in [-0.3, -0.25) is 0 Å². The van der Waals surface area contributed by atoms with E-state index in [9.17, 15) is 13.8 Å². The van der Waals surface area contributed by atoms with Crippen molar-refractivity contribution in [2.24, 2.45) is 5.16 Å². The molecule has 13 heteroatoms. The number of halogens is 2. The van der Waals surface area contributed by atoms with Gasteiger partial charge in [0, 0.05) is 25.0 Å². The maximum atomic E-state index is 13.2. The number of hydrogen-bond donors (Lipinski definition) is 5. The minimum Gasteiger partial charge on any atom is -0.409 e. The van der Waals surface area contributed by atoms with E-state index in [1.807, 2.05) is 0 Å². The Balaban J connectivity index is 1.99. The second-order valence-electron chi connectivity index (χ2n) is 5.18. The number of amidine groups is 1. The number of nitrogens with zero attached hydrogens (tertiary/aromatic N) is 3. The van der Waals surface area contributed by atoms with Crippen LogP contribution in [0.5, 0.6) is 0 Å². The first-order valence-corrected chi connectivity index (χ1v) is 9.64. The van der Waals surface area contributed by atoms with Gasteiger partial charge in [-0.15, -0.1) is 0 Å². The highest BCUT2D eigenvalue weighted by Crippen LogP contribution is 2.21. The summed E-state index contributed by atoms with van der Waals surface area (Å²) in [5.41, 5.74) is 0.469. The van der Waals surface area contributed by atoms with E-state index >= 15 is 0 Å². The van der Waals surface area contributed by atoms with Crippen molar-refractivity contribution in [3.8, 4) is 0 Å². The molecular weight excluding hydrogens is 389 g/mol. The summed E-state index contributed by atoms with van der Waals surface area (Å²) >= 11 is 5.71. The normalized spacial score (nSPS) is 14.0. The topological polar surface area (TPSA) is 149 Å². The zero-order valence-corrected chi connectivity index (χ0v) is 15.2. The highest BCUT2D eigenvalue weighted by molar-refractivity contribution is 7.89. The van der Waals surface area contributed by atoms with Crippen LogP contribution < -0.4 is 15.4 Å². The fraction of sp³-hybridized carbons (Fsp3) is 0.308. The van der Waals surface area contributed by atoms with Gasteiger partial charge in [0.05, 0.1) is 5.02 Å². The average molecular weight is 406 g/mol. The smallest absolute Gasteiger partial charge is 0.203 e. The van der Waals surface area contributed by atoms with Gasteiger partial charge in [-0.25, -0.2) is 22.7 Å². The molecule has 1 aromatic heterocycles. The van der Waals surface area contributed by atoms with Crippen molar-refractivity contribution < 1.29 is 18.4 Å². The van der Waals surface area contributed by atoms with E-state index in [0.717, 1.165) is 6.07 Å². The molecule has 0 aliphatic rings. The van der Waals surface area contributed by atoms with Crippen molar-refractivity contribution in [2.45, 2.75) is 6.42 Å². The Labute approximate surface area is 153 Å². The molecule has 0 bridgehead atoms. The first kappa shape index (κ1) is 19.9. The number of benzene rings is 1. The Hall–Kier alpha value is -2.44. The minimum absolute atomic E-state index is 0.0858. The van der Waals surface area contributed by atoms with E-state index in [1.54, 1.807) is 0 Å². The van der Waals surface area contributed by atoms with E-state index in [4.69, 9.17) is 16.4 Å². The molecule has 0 radical (unpaired) electrons. The first-order chi connectivity index (χ1) is 12.3. The van der Waals surface area contributed by atoms with Crippen LogP contribution in [0.1, 0.15) is 12.1 Å². The number of anilines is 2. The van der Waals surface area contributed by atoms with Crippen LogP contribution >= 0.6 is 11.6 Å². The fourth-order valence-corrected chi connectivity index (χ4v) is 2.58. The average Bonchev–Trinajstić information content (AvgIpc) is 3.03. The van der Waals surface area contributed by atoms with Gasteiger partial charge in [0.2, 0.25) is 11.7 Å². The van der Waals surface area contributed by atoms with Crippen LogP contribution in [-0.2, 0) is 9.92 Å². The number of oxime groups is 1. The third-order valence-electron chi connectivity index (χ3n) is 3.02. The molecule has 2 rings (SSSR count). The lowest BCUT2D eigenvalue weighted by Crippen LogP contribution is -2.24. The van der Waals surface area contributed by atoms with Crippen LogP contribution in [0.25, 0.3) is 0 Å². The predicted molar refractivity (Wildman–Crippen MR) is 95.5 cm³/mol. The highest BCUT2D eigenvalue weighted by Gasteiger charge is 2.17. The van der Waals surface area contributed by atoms with E-state index in [2.05, 4.69) is 35.5 Å². The van der Waals surface area contributed by atoms with Crippen molar-refractivity contribution in [1.29, 1.82) is 4.78 Å². The number of nitrogens with one attached hydrogen (secondary N) is 4. The molecule has 0 amide bonds. The lowest BCUT2D eigenvalue weighted by atomic mass is 10.3. The third kappa shape index (κ3) is 5.82. The molecule has 0 fully saturated rings. The van der Waals surface area contributed by atoms with Gasteiger partial charge in [-0.2, -0.15) is 0 Å². The van der Waals surface area contributed by atoms with E-state index in [0.29, 0.717) is 25.2 Å². The molecule has 1 unspecified atom stereocenters. The molecule has 10 nitrogen and oxygen atoms in total. The monoisotopic (exact) mass is 405 g/mol. The Morgan fingerprint density at radius 3 is 2.88 bits per heavy atom. The summed E-state index contributed by atoms with van der Waals surface area (Å²) in [6, 6.07) is 3.88. The molecule has 5 N–H and O–H groups in total. The van der Waals surface area contributed by atoms with Crippen LogP contribution in [0.4, 0.5) is 15.9 Å². The van der Waals surface area contributed by atoms with Crippen LogP contribution in [0.3, 0.4) is 0 Å². The fourth-order valence-electron chi connectivity index (χ4n) is 1.86. The Morgan fingerprint density at radius 2 is 2.23 bits per heavy atom. The molecule has 142 valence electrons.